The van der Waals surface area contributed by atoms with Gasteiger partial charge >= 0.3 is 0 Å². The van der Waals surface area contributed by atoms with Gasteiger partial charge in [-0.15, -0.1) is 0 Å². The van der Waals surface area contributed by atoms with E-state index < -0.39 is 0 Å². The molecule has 0 bridgehead atoms. The van der Waals surface area contributed by atoms with Crippen LogP contribution in [-0.2, 0) is 16.0 Å². The zero-order chi connectivity index (χ0) is 22.7. The molecule has 0 unspecified atom stereocenters. The van der Waals surface area contributed by atoms with Crippen molar-refractivity contribution in [3.8, 4) is 11.1 Å². The second-order valence-electron chi connectivity index (χ2n) is 8.11. The summed E-state index contributed by atoms with van der Waals surface area (Å²) in [5.41, 5.74) is 2.74. The van der Waals surface area contributed by atoms with Gasteiger partial charge in [-0.2, -0.15) is 4.98 Å². The minimum atomic E-state index is -0.388. The Morgan fingerprint density at radius 2 is 2.03 bits per heavy atom. The third kappa shape index (κ3) is 5.01. The van der Waals surface area contributed by atoms with Gasteiger partial charge < -0.3 is 14.7 Å². The molecule has 0 spiro atoms. The second kappa shape index (κ2) is 9.30. The summed E-state index contributed by atoms with van der Waals surface area (Å²) in [5.74, 6) is 0.761. The molecule has 3 aromatic rings. The third-order valence-corrected chi connectivity index (χ3v) is 5.61. The van der Waals surface area contributed by atoms with Crippen molar-refractivity contribution < 1.29 is 18.5 Å². The number of nitrogens with one attached hydrogen (secondary N) is 1. The van der Waals surface area contributed by atoms with Crippen LogP contribution in [0.4, 0.5) is 10.1 Å². The first-order chi connectivity index (χ1) is 15.4. The Balaban J connectivity index is 1.47. The molecule has 7 nitrogen and oxygen atoms in total. The van der Waals surface area contributed by atoms with E-state index in [2.05, 4.69) is 15.5 Å². The quantitative estimate of drug-likeness (QED) is 0.637. The fourth-order valence-electron chi connectivity index (χ4n) is 3.92. The Bertz CT molecular complexity index is 1130. The van der Waals surface area contributed by atoms with E-state index in [0.29, 0.717) is 55.3 Å². The van der Waals surface area contributed by atoms with Crippen molar-refractivity contribution >= 4 is 17.5 Å². The number of amides is 2. The van der Waals surface area contributed by atoms with Crippen LogP contribution in [0.1, 0.15) is 37.0 Å². The molecule has 0 saturated carbocycles. The molecule has 1 aromatic heterocycles. The van der Waals surface area contributed by atoms with Gasteiger partial charge in [-0.05, 0) is 41.7 Å². The van der Waals surface area contributed by atoms with Crippen molar-refractivity contribution in [2.24, 2.45) is 5.92 Å². The SMILES string of the molecule is CC(=O)NC[C@@H]1CCC(=O)N(c2ccc(-c3ccc(Cc4noc(C)n4)cc3)c(F)c2)C1. The number of anilines is 1. The molecule has 2 aromatic carbocycles. The lowest BCUT2D eigenvalue weighted by atomic mass is 9.96. The molecule has 4 rings (SSSR count). The molecule has 32 heavy (non-hydrogen) atoms. The summed E-state index contributed by atoms with van der Waals surface area (Å²) in [7, 11) is 0. The molecule has 1 atom stereocenters. The summed E-state index contributed by atoms with van der Waals surface area (Å²) < 4.78 is 20.0. The number of hydrogen-bond donors (Lipinski definition) is 1. The van der Waals surface area contributed by atoms with Gasteiger partial charge in [-0.3, -0.25) is 9.59 Å². The third-order valence-electron chi connectivity index (χ3n) is 5.61. The molecule has 1 saturated heterocycles. The minimum absolute atomic E-state index is 0.0303. The molecular weight excluding hydrogens is 411 g/mol. The number of hydrogen-bond acceptors (Lipinski definition) is 5. The van der Waals surface area contributed by atoms with Crippen LogP contribution in [0.25, 0.3) is 11.1 Å². The Morgan fingerprint density at radius 3 is 2.69 bits per heavy atom. The monoisotopic (exact) mass is 436 g/mol. The predicted molar refractivity (Wildman–Crippen MR) is 117 cm³/mol. The molecule has 166 valence electrons. The number of benzene rings is 2. The summed E-state index contributed by atoms with van der Waals surface area (Å²) in [6, 6.07) is 12.4. The van der Waals surface area contributed by atoms with E-state index in [1.54, 1.807) is 24.0 Å². The van der Waals surface area contributed by atoms with Crippen molar-refractivity contribution in [2.75, 3.05) is 18.0 Å². The lowest BCUT2D eigenvalue weighted by molar-refractivity contribution is -0.120. The molecule has 2 heterocycles. The number of halogens is 1. The molecule has 1 fully saturated rings. The van der Waals surface area contributed by atoms with Crippen LogP contribution in [0, 0.1) is 18.7 Å². The second-order valence-corrected chi connectivity index (χ2v) is 8.11. The van der Waals surface area contributed by atoms with Crippen molar-refractivity contribution in [2.45, 2.75) is 33.1 Å². The van der Waals surface area contributed by atoms with E-state index in [1.165, 1.54) is 13.0 Å². The summed E-state index contributed by atoms with van der Waals surface area (Å²) in [6.45, 7) is 4.18. The molecule has 0 aliphatic carbocycles. The molecule has 2 amide bonds. The first kappa shape index (κ1) is 21.7. The average Bonchev–Trinajstić information content (AvgIpc) is 3.18. The first-order valence-corrected chi connectivity index (χ1v) is 10.6. The van der Waals surface area contributed by atoms with E-state index >= 15 is 0 Å². The standard InChI is InChI=1S/C24H25FN4O3/c1-15(30)26-13-18-5-10-24(31)29(14-18)20-8-9-21(22(25)12-20)19-6-3-17(4-7-19)11-23-27-16(2)32-28-23/h3-4,6-9,12,18H,5,10-11,13-14H2,1-2H3,(H,26,30)/t18-/m0/s1. The van der Waals surface area contributed by atoms with Crippen LogP contribution in [-0.4, -0.2) is 35.0 Å². The van der Waals surface area contributed by atoms with Gasteiger partial charge in [-0.1, -0.05) is 29.4 Å². The zero-order valence-corrected chi connectivity index (χ0v) is 18.1. The summed E-state index contributed by atoms with van der Waals surface area (Å²) in [5, 5.41) is 6.69. The fourth-order valence-corrected chi connectivity index (χ4v) is 3.92. The van der Waals surface area contributed by atoms with E-state index in [-0.39, 0.29) is 23.5 Å². The number of aryl methyl sites for hydroxylation is 1. The highest BCUT2D eigenvalue weighted by Gasteiger charge is 2.27. The summed E-state index contributed by atoms with van der Waals surface area (Å²) in [4.78, 5) is 29.4. The van der Waals surface area contributed by atoms with Crippen LogP contribution in [0.2, 0.25) is 0 Å². The van der Waals surface area contributed by atoms with Crippen LogP contribution in [0.5, 0.6) is 0 Å². The zero-order valence-electron chi connectivity index (χ0n) is 18.1. The summed E-state index contributed by atoms with van der Waals surface area (Å²) >= 11 is 0. The Labute approximate surface area is 185 Å². The van der Waals surface area contributed by atoms with Crippen molar-refractivity contribution in [1.29, 1.82) is 0 Å². The smallest absolute Gasteiger partial charge is 0.227 e. The maximum atomic E-state index is 15.0. The van der Waals surface area contributed by atoms with Crippen molar-refractivity contribution in [3.63, 3.8) is 0 Å². The molecular formula is C24H25FN4O3. The van der Waals surface area contributed by atoms with E-state index in [4.69, 9.17) is 4.52 Å². The van der Waals surface area contributed by atoms with Crippen LogP contribution in [0.15, 0.2) is 47.0 Å². The maximum absolute atomic E-state index is 15.0. The highest BCUT2D eigenvalue weighted by atomic mass is 19.1. The fraction of sp³-hybridized carbons (Fsp3) is 0.333. The van der Waals surface area contributed by atoms with Crippen LogP contribution >= 0.6 is 0 Å². The predicted octanol–water partition coefficient (Wildman–Crippen LogP) is 3.65. The average molecular weight is 436 g/mol. The molecule has 1 N–H and O–H groups in total. The number of carbonyl (C=O) groups excluding carboxylic acids is 2. The van der Waals surface area contributed by atoms with Crippen LogP contribution < -0.4 is 10.2 Å². The number of rotatable bonds is 6. The Kier molecular flexibility index (Phi) is 6.30. The Morgan fingerprint density at radius 1 is 1.25 bits per heavy atom. The number of piperidine rings is 1. The molecule has 1 aliphatic heterocycles. The van der Waals surface area contributed by atoms with Crippen molar-refractivity contribution in [1.82, 2.24) is 15.5 Å². The molecule has 8 heteroatoms. The minimum Gasteiger partial charge on any atom is -0.356 e. The topological polar surface area (TPSA) is 88.3 Å². The number of nitrogens with zero attached hydrogens (tertiary/aromatic N) is 3. The summed E-state index contributed by atoms with van der Waals surface area (Å²) in [6.07, 6.45) is 1.64. The lowest BCUT2D eigenvalue weighted by Crippen LogP contribution is -2.43. The van der Waals surface area contributed by atoms with E-state index in [1.807, 2.05) is 24.3 Å². The maximum Gasteiger partial charge on any atom is 0.227 e. The van der Waals surface area contributed by atoms with Gasteiger partial charge in [0.05, 0.1) is 0 Å². The van der Waals surface area contributed by atoms with Gasteiger partial charge in [0.1, 0.15) is 5.82 Å². The highest BCUT2D eigenvalue weighted by molar-refractivity contribution is 5.94. The van der Waals surface area contributed by atoms with Gasteiger partial charge in [0.2, 0.25) is 17.7 Å². The van der Waals surface area contributed by atoms with Gasteiger partial charge in [0.15, 0.2) is 5.82 Å². The Hall–Kier alpha value is -3.55. The van der Waals surface area contributed by atoms with Gasteiger partial charge in [0, 0.05) is 51.0 Å². The van der Waals surface area contributed by atoms with Crippen LogP contribution in [0.3, 0.4) is 0 Å². The normalized spacial score (nSPS) is 16.3. The highest BCUT2D eigenvalue weighted by Crippen LogP contribution is 2.30. The van der Waals surface area contributed by atoms with Gasteiger partial charge in [0.25, 0.3) is 0 Å². The van der Waals surface area contributed by atoms with Crippen molar-refractivity contribution in [3.05, 3.63) is 65.6 Å². The number of carbonyl (C=O) groups is 2. The van der Waals surface area contributed by atoms with E-state index in [9.17, 15) is 14.0 Å². The lowest BCUT2D eigenvalue weighted by Gasteiger charge is -2.33. The number of aromatic nitrogens is 2. The van der Waals surface area contributed by atoms with Gasteiger partial charge in [-0.25, -0.2) is 4.39 Å². The largest absolute Gasteiger partial charge is 0.356 e. The molecule has 0 radical (unpaired) electrons. The first-order valence-electron chi connectivity index (χ1n) is 10.6. The van der Waals surface area contributed by atoms with E-state index in [0.717, 1.165) is 11.1 Å². The molecule has 1 aliphatic rings.